The zero-order valence-electron chi connectivity index (χ0n) is 10.7. The molecule has 5 nitrogen and oxygen atoms in total. The van der Waals surface area contributed by atoms with E-state index >= 15 is 0 Å². The molecule has 0 spiro atoms. The maximum Gasteiger partial charge on any atom is 0.265 e. The number of hydrogen-bond donors (Lipinski definition) is 1. The van der Waals surface area contributed by atoms with Crippen LogP contribution in [0, 0.1) is 5.92 Å². The first-order chi connectivity index (χ1) is 8.50. The summed E-state index contributed by atoms with van der Waals surface area (Å²) < 4.78 is 0. The van der Waals surface area contributed by atoms with E-state index in [4.69, 9.17) is 5.73 Å². The fourth-order valence-electron chi connectivity index (χ4n) is 1.84. The second-order valence-electron chi connectivity index (χ2n) is 4.67. The lowest BCUT2D eigenvalue weighted by atomic mass is 10.2. The largest absolute Gasteiger partial charge is 0.397 e. The van der Waals surface area contributed by atoms with Crippen molar-refractivity contribution in [1.29, 1.82) is 0 Å². The monoisotopic (exact) mass is 264 g/mol. The molecular formula is C12H16N4OS. The SMILES string of the molecule is CC(C)CN(C)C(=O)c1sc2nnccc2c1N. The summed E-state index contributed by atoms with van der Waals surface area (Å²) in [5.41, 5.74) is 6.51. The molecule has 1 amide bonds. The van der Waals surface area contributed by atoms with Gasteiger partial charge in [0.05, 0.1) is 11.9 Å². The van der Waals surface area contributed by atoms with Gasteiger partial charge in [-0.3, -0.25) is 4.79 Å². The average Bonchev–Trinajstić information content (AvgIpc) is 2.66. The molecule has 0 unspecified atom stereocenters. The summed E-state index contributed by atoms with van der Waals surface area (Å²) in [5.74, 6) is 0.374. The molecule has 0 aliphatic carbocycles. The molecule has 0 atom stereocenters. The average molecular weight is 264 g/mol. The Hall–Kier alpha value is -1.69. The number of hydrogen-bond acceptors (Lipinski definition) is 5. The van der Waals surface area contributed by atoms with E-state index in [1.807, 2.05) is 0 Å². The smallest absolute Gasteiger partial charge is 0.265 e. The van der Waals surface area contributed by atoms with E-state index < -0.39 is 0 Å². The first-order valence-corrected chi connectivity index (χ1v) is 6.57. The summed E-state index contributed by atoms with van der Waals surface area (Å²) in [6, 6.07) is 1.79. The highest BCUT2D eigenvalue weighted by atomic mass is 32.1. The van der Waals surface area contributed by atoms with E-state index in [9.17, 15) is 4.79 Å². The topological polar surface area (TPSA) is 72.1 Å². The highest BCUT2D eigenvalue weighted by Crippen LogP contribution is 2.32. The van der Waals surface area contributed by atoms with Crippen LogP contribution in [-0.4, -0.2) is 34.6 Å². The molecule has 18 heavy (non-hydrogen) atoms. The summed E-state index contributed by atoms with van der Waals surface area (Å²) in [7, 11) is 1.79. The molecule has 96 valence electrons. The number of nitrogens with two attached hydrogens (primary N) is 1. The van der Waals surface area contributed by atoms with Gasteiger partial charge in [0.25, 0.3) is 5.91 Å². The minimum atomic E-state index is -0.0517. The Morgan fingerprint density at radius 2 is 2.28 bits per heavy atom. The Balaban J connectivity index is 2.36. The van der Waals surface area contributed by atoms with Crippen LogP contribution in [0.2, 0.25) is 0 Å². The zero-order chi connectivity index (χ0) is 13.3. The van der Waals surface area contributed by atoms with Gasteiger partial charge in [-0.05, 0) is 12.0 Å². The third-order valence-electron chi connectivity index (χ3n) is 2.60. The Morgan fingerprint density at radius 1 is 1.56 bits per heavy atom. The predicted octanol–water partition coefficient (Wildman–Crippen LogP) is 2.00. The molecule has 6 heteroatoms. The molecule has 0 fully saturated rings. The molecule has 0 aliphatic rings. The number of rotatable bonds is 3. The van der Waals surface area contributed by atoms with Crippen LogP contribution < -0.4 is 5.73 Å². The number of nitrogen functional groups attached to an aromatic ring is 1. The van der Waals surface area contributed by atoms with Crippen LogP contribution in [0.4, 0.5) is 5.69 Å². The lowest BCUT2D eigenvalue weighted by Gasteiger charge is -2.18. The van der Waals surface area contributed by atoms with Crippen LogP contribution in [0.25, 0.3) is 10.2 Å². The quantitative estimate of drug-likeness (QED) is 0.920. The number of aromatic nitrogens is 2. The Bertz CT molecular complexity index is 578. The van der Waals surface area contributed by atoms with Crippen LogP contribution in [0.3, 0.4) is 0 Å². The first-order valence-electron chi connectivity index (χ1n) is 5.75. The normalized spacial score (nSPS) is 11.1. The standard InChI is InChI=1S/C12H16N4OS/c1-7(2)6-16(3)12(17)10-9(13)8-4-5-14-15-11(8)18-10/h4-5,7H,6,13H2,1-3H3. The van der Waals surface area contributed by atoms with E-state index in [-0.39, 0.29) is 5.91 Å². The fourth-order valence-corrected chi connectivity index (χ4v) is 2.87. The van der Waals surface area contributed by atoms with E-state index in [0.717, 1.165) is 5.39 Å². The third kappa shape index (κ3) is 2.28. The highest BCUT2D eigenvalue weighted by molar-refractivity contribution is 7.21. The summed E-state index contributed by atoms with van der Waals surface area (Å²) in [6.45, 7) is 4.85. The van der Waals surface area contributed by atoms with Gasteiger partial charge < -0.3 is 10.6 Å². The van der Waals surface area contributed by atoms with Crippen molar-refractivity contribution in [2.45, 2.75) is 13.8 Å². The molecular weight excluding hydrogens is 248 g/mol. The van der Waals surface area contributed by atoms with Gasteiger partial charge in [0.1, 0.15) is 9.71 Å². The Labute approximate surface area is 110 Å². The van der Waals surface area contributed by atoms with Crippen LogP contribution in [0.5, 0.6) is 0 Å². The van der Waals surface area contributed by atoms with Gasteiger partial charge in [0.15, 0.2) is 0 Å². The lowest BCUT2D eigenvalue weighted by molar-refractivity contribution is 0.0785. The van der Waals surface area contributed by atoms with E-state index in [1.54, 1.807) is 24.2 Å². The zero-order valence-corrected chi connectivity index (χ0v) is 11.5. The van der Waals surface area contributed by atoms with Crippen molar-refractivity contribution >= 4 is 33.1 Å². The molecule has 0 radical (unpaired) electrons. The van der Waals surface area contributed by atoms with E-state index in [0.29, 0.717) is 27.9 Å². The van der Waals surface area contributed by atoms with Gasteiger partial charge in [-0.1, -0.05) is 13.8 Å². The van der Waals surface area contributed by atoms with Crippen molar-refractivity contribution in [3.63, 3.8) is 0 Å². The molecule has 0 aromatic carbocycles. The molecule has 2 N–H and O–H groups in total. The molecule has 0 saturated carbocycles. The van der Waals surface area contributed by atoms with Crippen molar-refractivity contribution in [2.24, 2.45) is 5.92 Å². The van der Waals surface area contributed by atoms with Gasteiger partial charge in [-0.25, -0.2) is 0 Å². The number of carbonyl (C=O) groups is 1. The number of anilines is 1. The molecule has 2 rings (SSSR count). The van der Waals surface area contributed by atoms with Crippen LogP contribution in [0.1, 0.15) is 23.5 Å². The summed E-state index contributed by atoms with van der Waals surface area (Å²) in [5, 5.41) is 8.59. The maximum absolute atomic E-state index is 12.3. The maximum atomic E-state index is 12.3. The summed E-state index contributed by atoms with van der Waals surface area (Å²) in [6.07, 6.45) is 1.58. The second kappa shape index (κ2) is 4.89. The number of amides is 1. The van der Waals surface area contributed by atoms with Crippen molar-refractivity contribution in [3.8, 4) is 0 Å². The molecule has 0 saturated heterocycles. The van der Waals surface area contributed by atoms with E-state index in [2.05, 4.69) is 24.0 Å². The van der Waals surface area contributed by atoms with Crippen LogP contribution in [0.15, 0.2) is 12.3 Å². The van der Waals surface area contributed by atoms with Crippen molar-refractivity contribution in [1.82, 2.24) is 15.1 Å². The van der Waals surface area contributed by atoms with Crippen molar-refractivity contribution in [3.05, 3.63) is 17.1 Å². The van der Waals surface area contributed by atoms with Gasteiger partial charge in [-0.2, -0.15) is 5.10 Å². The van der Waals surface area contributed by atoms with Crippen LogP contribution >= 0.6 is 11.3 Å². The van der Waals surface area contributed by atoms with Gasteiger partial charge in [-0.15, -0.1) is 16.4 Å². The predicted molar refractivity (Wildman–Crippen MR) is 73.6 cm³/mol. The Kier molecular flexibility index (Phi) is 3.47. The van der Waals surface area contributed by atoms with Gasteiger partial charge >= 0.3 is 0 Å². The van der Waals surface area contributed by atoms with Gasteiger partial charge in [0, 0.05) is 19.0 Å². The number of carbonyl (C=O) groups excluding carboxylic acids is 1. The lowest BCUT2D eigenvalue weighted by Crippen LogP contribution is -2.30. The number of fused-ring (bicyclic) bond motifs is 1. The molecule has 2 aromatic rings. The Morgan fingerprint density at radius 3 is 2.89 bits per heavy atom. The molecule has 0 aliphatic heterocycles. The minimum absolute atomic E-state index is 0.0517. The summed E-state index contributed by atoms with van der Waals surface area (Å²) >= 11 is 1.30. The number of thiophene rings is 1. The van der Waals surface area contributed by atoms with Gasteiger partial charge in [0.2, 0.25) is 0 Å². The molecule has 2 aromatic heterocycles. The van der Waals surface area contributed by atoms with E-state index in [1.165, 1.54) is 11.3 Å². The minimum Gasteiger partial charge on any atom is -0.397 e. The molecule has 0 bridgehead atoms. The number of nitrogens with zero attached hydrogens (tertiary/aromatic N) is 3. The third-order valence-corrected chi connectivity index (χ3v) is 3.69. The van der Waals surface area contributed by atoms with Crippen molar-refractivity contribution < 1.29 is 4.79 Å². The second-order valence-corrected chi connectivity index (χ2v) is 5.67. The molecule has 2 heterocycles. The highest BCUT2D eigenvalue weighted by Gasteiger charge is 2.20. The fraction of sp³-hybridized carbons (Fsp3) is 0.417. The summed E-state index contributed by atoms with van der Waals surface area (Å²) in [4.78, 5) is 15.2. The van der Waals surface area contributed by atoms with Crippen molar-refractivity contribution in [2.75, 3.05) is 19.3 Å². The van der Waals surface area contributed by atoms with Crippen LogP contribution in [-0.2, 0) is 0 Å². The first kappa shape index (κ1) is 12.8.